The van der Waals surface area contributed by atoms with Gasteiger partial charge < -0.3 is 9.64 Å². The van der Waals surface area contributed by atoms with E-state index in [9.17, 15) is 14.0 Å². The predicted octanol–water partition coefficient (Wildman–Crippen LogP) is 3.21. The lowest BCUT2D eigenvalue weighted by molar-refractivity contribution is -0.137. The Hall–Kier alpha value is -2.21. The summed E-state index contributed by atoms with van der Waals surface area (Å²) < 4.78 is 18.9. The van der Waals surface area contributed by atoms with Gasteiger partial charge in [0, 0.05) is 26.2 Å². The zero-order valence-electron chi connectivity index (χ0n) is 16.0. The van der Waals surface area contributed by atoms with E-state index < -0.39 is 0 Å². The number of benzene rings is 1. The van der Waals surface area contributed by atoms with Gasteiger partial charge in [-0.3, -0.25) is 14.5 Å². The molecule has 2 aliphatic rings. The van der Waals surface area contributed by atoms with Gasteiger partial charge in [-0.1, -0.05) is 12.1 Å². The van der Waals surface area contributed by atoms with Crippen LogP contribution in [-0.2, 0) is 14.3 Å². The topological polar surface area (TPSA) is 49.9 Å². The van der Waals surface area contributed by atoms with E-state index in [2.05, 4.69) is 0 Å². The van der Waals surface area contributed by atoms with Gasteiger partial charge in [0.05, 0.1) is 11.7 Å². The molecule has 5 nitrogen and oxygen atoms in total. The molecule has 2 aliphatic heterocycles. The minimum atomic E-state index is -0.363. The number of likely N-dealkylation sites (tertiary alicyclic amines) is 1. The van der Waals surface area contributed by atoms with Crippen LogP contribution in [0.1, 0.15) is 45.1 Å². The van der Waals surface area contributed by atoms with Gasteiger partial charge >= 0.3 is 0 Å². The first-order valence-corrected chi connectivity index (χ1v) is 9.72. The van der Waals surface area contributed by atoms with Crippen molar-refractivity contribution in [3.05, 3.63) is 41.3 Å². The van der Waals surface area contributed by atoms with Crippen molar-refractivity contribution in [2.24, 2.45) is 0 Å². The maximum atomic E-state index is 13.3. The molecule has 0 N–H and O–H groups in total. The minimum Gasteiger partial charge on any atom is -0.379 e. The minimum absolute atomic E-state index is 0.117. The van der Waals surface area contributed by atoms with Crippen molar-refractivity contribution in [1.82, 2.24) is 9.80 Å². The Labute approximate surface area is 159 Å². The summed E-state index contributed by atoms with van der Waals surface area (Å²) in [6.45, 7) is 6.27. The lowest BCUT2D eigenvalue weighted by atomic mass is 10.0. The van der Waals surface area contributed by atoms with Crippen molar-refractivity contribution in [3.8, 4) is 0 Å². The fraction of sp³-hybridized carbons (Fsp3) is 0.524. The molecule has 0 bridgehead atoms. The first-order valence-electron chi connectivity index (χ1n) is 9.72. The van der Waals surface area contributed by atoms with Gasteiger partial charge in [0.1, 0.15) is 11.5 Å². The van der Waals surface area contributed by atoms with Crippen LogP contribution < -0.4 is 0 Å². The van der Waals surface area contributed by atoms with E-state index in [4.69, 9.17) is 4.74 Å². The number of nitrogens with zero attached hydrogens (tertiary/aromatic N) is 2. The van der Waals surface area contributed by atoms with Crippen molar-refractivity contribution in [2.45, 2.75) is 45.6 Å². The van der Waals surface area contributed by atoms with E-state index >= 15 is 0 Å². The zero-order chi connectivity index (χ0) is 19.4. The third-order valence-corrected chi connectivity index (χ3v) is 4.93. The molecule has 0 aliphatic carbocycles. The van der Waals surface area contributed by atoms with Crippen LogP contribution in [0.3, 0.4) is 0 Å². The zero-order valence-corrected chi connectivity index (χ0v) is 16.0. The first-order chi connectivity index (χ1) is 13.0. The van der Waals surface area contributed by atoms with Crippen LogP contribution in [0.2, 0.25) is 0 Å². The molecule has 0 spiro atoms. The average molecular weight is 374 g/mol. The highest BCUT2D eigenvalue weighted by Gasteiger charge is 2.41. The molecule has 0 aromatic heterocycles. The fourth-order valence-corrected chi connectivity index (χ4v) is 3.60. The third kappa shape index (κ3) is 4.38. The Morgan fingerprint density at radius 3 is 2.33 bits per heavy atom. The third-order valence-electron chi connectivity index (χ3n) is 4.93. The smallest absolute Gasteiger partial charge is 0.277 e. The van der Waals surface area contributed by atoms with Gasteiger partial charge in [0.25, 0.3) is 11.8 Å². The number of carbonyl (C=O) groups is 2. The largest absolute Gasteiger partial charge is 0.379 e. The Morgan fingerprint density at radius 2 is 1.70 bits per heavy atom. The molecule has 0 saturated carbocycles. The summed E-state index contributed by atoms with van der Waals surface area (Å²) >= 11 is 0. The number of hydrogen-bond donors (Lipinski definition) is 0. The number of hydrogen-bond acceptors (Lipinski definition) is 4. The molecule has 6 heteroatoms. The van der Waals surface area contributed by atoms with Crippen LogP contribution in [0.4, 0.5) is 4.39 Å². The van der Waals surface area contributed by atoms with Crippen LogP contribution in [0.25, 0.3) is 5.57 Å². The Morgan fingerprint density at radius 1 is 1.04 bits per heavy atom. The summed E-state index contributed by atoms with van der Waals surface area (Å²) in [5, 5.41) is 0. The number of halogens is 1. The number of rotatable bonds is 7. The summed E-state index contributed by atoms with van der Waals surface area (Å²) in [5.41, 5.74) is 1.46. The lowest BCUT2D eigenvalue weighted by Crippen LogP contribution is -2.38. The molecule has 1 saturated heterocycles. The SMILES string of the molecule is CC(C)OCCCN1C(=O)C(c2ccc(F)cc2)=C(N2CCCCC2)C1=O. The Bertz CT molecular complexity index is 721. The van der Waals surface area contributed by atoms with E-state index in [0.29, 0.717) is 36.4 Å². The molecule has 1 aromatic carbocycles. The molecule has 1 aromatic rings. The summed E-state index contributed by atoms with van der Waals surface area (Å²) in [6.07, 6.45) is 3.85. The van der Waals surface area contributed by atoms with Crippen molar-refractivity contribution < 1.29 is 18.7 Å². The highest BCUT2D eigenvalue weighted by Crippen LogP contribution is 2.33. The quantitative estimate of drug-likeness (QED) is 0.543. The molecule has 0 unspecified atom stereocenters. The maximum Gasteiger partial charge on any atom is 0.277 e. The molecule has 3 rings (SSSR count). The van der Waals surface area contributed by atoms with Crippen LogP contribution in [0.15, 0.2) is 30.0 Å². The number of carbonyl (C=O) groups excluding carboxylic acids is 2. The van der Waals surface area contributed by atoms with Crippen molar-refractivity contribution in [2.75, 3.05) is 26.2 Å². The molecule has 0 radical (unpaired) electrons. The summed E-state index contributed by atoms with van der Waals surface area (Å²) in [7, 11) is 0. The second-order valence-electron chi connectivity index (χ2n) is 7.31. The maximum absolute atomic E-state index is 13.3. The number of imide groups is 1. The highest BCUT2D eigenvalue weighted by molar-refractivity contribution is 6.35. The molecule has 2 heterocycles. The van der Waals surface area contributed by atoms with Gasteiger partial charge in [-0.15, -0.1) is 0 Å². The summed E-state index contributed by atoms with van der Waals surface area (Å²) in [4.78, 5) is 29.5. The summed E-state index contributed by atoms with van der Waals surface area (Å²) in [6, 6.07) is 5.80. The van der Waals surface area contributed by atoms with Gasteiger partial charge in [0.2, 0.25) is 0 Å². The van der Waals surface area contributed by atoms with Crippen molar-refractivity contribution >= 4 is 17.4 Å². The second-order valence-corrected chi connectivity index (χ2v) is 7.31. The monoisotopic (exact) mass is 374 g/mol. The highest BCUT2D eigenvalue weighted by atomic mass is 19.1. The second kappa shape index (κ2) is 8.65. The van der Waals surface area contributed by atoms with Crippen LogP contribution in [0, 0.1) is 5.82 Å². The summed E-state index contributed by atoms with van der Waals surface area (Å²) in [5.74, 6) is -0.902. The van der Waals surface area contributed by atoms with Gasteiger partial charge in [-0.05, 0) is 57.2 Å². The van der Waals surface area contributed by atoms with Crippen molar-refractivity contribution in [3.63, 3.8) is 0 Å². The average Bonchev–Trinajstić information content (AvgIpc) is 2.90. The van der Waals surface area contributed by atoms with Crippen LogP contribution in [0.5, 0.6) is 0 Å². The number of piperidine rings is 1. The molecular formula is C21H27FN2O3. The number of amides is 2. The van der Waals surface area contributed by atoms with Crippen LogP contribution >= 0.6 is 0 Å². The molecular weight excluding hydrogens is 347 g/mol. The van der Waals surface area contributed by atoms with Gasteiger partial charge in [-0.25, -0.2) is 4.39 Å². The van der Waals surface area contributed by atoms with Crippen LogP contribution in [-0.4, -0.2) is 54.0 Å². The fourth-order valence-electron chi connectivity index (χ4n) is 3.60. The Kier molecular flexibility index (Phi) is 6.26. The molecule has 1 fully saturated rings. The predicted molar refractivity (Wildman–Crippen MR) is 101 cm³/mol. The van der Waals surface area contributed by atoms with E-state index in [-0.39, 0.29) is 23.7 Å². The van der Waals surface area contributed by atoms with E-state index in [0.717, 1.165) is 32.4 Å². The normalized spacial score (nSPS) is 18.2. The molecule has 0 atom stereocenters. The van der Waals surface area contributed by atoms with Gasteiger partial charge in [0.15, 0.2) is 0 Å². The lowest BCUT2D eigenvalue weighted by Gasteiger charge is -2.29. The molecule has 2 amide bonds. The molecule has 146 valence electrons. The first kappa shape index (κ1) is 19.5. The van der Waals surface area contributed by atoms with E-state index in [1.54, 1.807) is 12.1 Å². The molecule has 27 heavy (non-hydrogen) atoms. The Balaban J connectivity index is 1.86. The van der Waals surface area contributed by atoms with Gasteiger partial charge in [-0.2, -0.15) is 0 Å². The van der Waals surface area contributed by atoms with Crippen molar-refractivity contribution in [1.29, 1.82) is 0 Å². The standard InChI is InChI=1S/C21H27FN2O3/c1-15(2)27-14-6-13-24-20(25)18(16-7-9-17(22)10-8-16)19(21(24)26)23-11-4-3-5-12-23/h7-10,15H,3-6,11-14H2,1-2H3. The van der Waals surface area contributed by atoms with E-state index in [1.807, 2.05) is 18.7 Å². The van der Waals surface area contributed by atoms with E-state index in [1.165, 1.54) is 17.0 Å². The number of ether oxygens (including phenoxy) is 1.